The molecule has 1 rings (SSSR count). The van der Waals surface area contributed by atoms with E-state index >= 15 is 0 Å². The molecule has 0 radical (unpaired) electrons. The molecule has 0 bridgehead atoms. The average Bonchev–Trinajstić information content (AvgIpc) is 2.29. The van der Waals surface area contributed by atoms with Crippen LogP contribution in [0.4, 0.5) is 5.69 Å². The van der Waals surface area contributed by atoms with Crippen LogP contribution in [-0.4, -0.2) is 16.7 Å². The van der Waals surface area contributed by atoms with Crippen molar-refractivity contribution in [2.24, 2.45) is 5.84 Å². The highest BCUT2D eigenvalue weighted by atomic mass is 79.9. The van der Waals surface area contributed by atoms with E-state index in [4.69, 9.17) is 23.3 Å². The first kappa shape index (κ1) is 12.9. The molecule has 1 aromatic carbocycles. The number of benzene rings is 1. The third-order valence-electron chi connectivity index (χ3n) is 1.82. The van der Waals surface area contributed by atoms with Gasteiger partial charge in [0.05, 0.1) is 12.5 Å². The number of halogens is 1. The Balaban J connectivity index is 2.51. The molecule has 3 N–H and O–H groups in total. The van der Waals surface area contributed by atoms with Gasteiger partial charge in [-0.2, -0.15) is 5.26 Å². The third kappa shape index (κ3) is 4.14. The molecule has 0 spiro atoms. The Bertz CT molecular complexity index is 398. The van der Waals surface area contributed by atoms with Gasteiger partial charge in [0.25, 0.3) is 0 Å². The molecule has 0 saturated heterocycles. The van der Waals surface area contributed by atoms with E-state index in [1.165, 1.54) is 5.01 Å². The van der Waals surface area contributed by atoms with E-state index in [9.17, 15) is 0 Å². The molecule has 0 amide bonds. The number of anilines is 1. The number of hydrogen-bond donors (Lipinski definition) is 2. The van der Waals surface area contributed by atoms with Gasteiger partial charge in [-0.15, -0.1) is 0 Å². The fourth-order valence-electron chi connectivity index (χ4n) is 1.00. The quantitative estimate of drug-likeness (QED) is 0.509. The van der Waals surface area contributed by atoms with Gasteiger partial charge in [0.2, 0.25) is 0 Å². The number of hydrogen-bond acceptors (Lipinski definition) is 3. The summed E-state index contributed by atoms with van der Waals surface area (Å²) in [6.07, 6.45) is 0.346. The van der Waals surface area contributed by atoms with Crippen LogP contribution in [0, 0.1) is 11.3 Å². The van der Waals surface area contributed by atoms with Crippen LogP contribution in [0.15, 0.2) is 28.7 Å². The van der Waals surface area contributed by atoms with E-state index < -0.39 is 0 Å². The van der Waals surface area contributed by atoms with E-state index in [-0.39, 0.29) is 0 Å². The lowest BCUT2D eigenvalue weighted by Gasteiger charge is -2.19. The van der Waals surface area contributed by atoms with Gasteiger partial charge in [-0.05, 0) is 36.5 Å². The third-order valence-corrected chi connectivity index (χ3v) is 2.69. The minimum atomic E-state index is 0.346. The SMILES string of the molecule is N#CCCN(N)C(=S)Nc1ccc(Br)cc1. The Morgan fingerprint density at radius 3 is 2.69 bits per heavy atom. The van der Waals surface area contributed by atoms with Gasteiger partial charge in [0.1, 0.15) is 0 Å². The number of nitriles is 1. The van der Waals surface area contributed by atoms with E-state index in [2.05, 4.69) is 21.2 Å². The molecule has 0 aliphatic heterocycles. The van der Waals surface area contributed by atoms with Crippen molar-refractivity contribution in [1.82, 2.24) is 5.01 Å². The zero-order chi connectivity index (χ0) is 12.0. The van der Waals surface area contributed by atoms with Crippen LogP contribution in [0.2, 0.25) is 0 Å². The van der Waals surface area contributed by atoms with Crippen LogP contribution < -0.4 is 11.2 Å². The Labute approximate surface area is 108 Å². The average molecular weight is 299 g/mol. The highest BCUT2D eigenvalue weighted by Crippen LogP contribution is 2.14. The Morgan fingerprint density at radius 1 is 1.50 bits per heavy atom. The molecule has 1 aromatic rings. The molecule has 0 aromatic heterocycles. The Hall–Kier alpha value is -1.16. The standard InChI is InChI=1S/C10H11BrN4S/c11-8-2-4-9(5-3-8)14-10(16)15(13)7-1-6-12/h2-5H,1,7,13H2,(H,14,16). The van der Waals surface area contributed by atoms with Crippen LogP contribution in [0.25, 0.3) is 0 Å². The molecule has 0 aliphatic carbocycles. The lowest BCUT2D eigenvalue weighted by Crippen LogP contribution is -2.40. The van der Waals surface area contributed by atoms with Crippen molar-refractivity contribution in [2.75, 3.05) is 11.9 Å². The fourth-order valence-corrected chi connectivity index (χ4v) is 1.47. The smallest absolute Gasteiger partial charge is 0.187 e. The minimum Gasteiger partial charge on any atom is -0.332 e. The first-order valence-electron chi connectivity index (χ1n) is 4.59. The first-order chi connectivity index (χ1) is 7.63. The van der Waals surface area contributed by atoms with Crippen molar-refractivity contribution in [3.63, 3.8) is 0 Å². The van der Waals surface area contributed by atoms with Gasteiger partial charge in [0, 0.05) is 16.7 Å². The number of nitrogens with two attached hydrogens (primary N) is 1. The van der Waals surface area contributed by atoms with Crippen molar-refractivity contribution >= 4 is 38.9 Å². The summed E-state index contributed by atoms with van der Waals surface area (Å²) in [5, 5.41) is 13.1. The number of nitrogens with one attached hydrogen (secondary N) is 1. The summed E-state index contributed by atoms with van der Waals surface area (Å²) in [5.41, 5.74) is 0.862. The molecule has 0 fully saturated rings. The van der Waals surface area contributed by atoms with Crippen molar-refractivity contribution in [3.05, 3.63) is 28.7 Å². The van der Waals surface area contributed by atoms with E-state index in [0.717, 1.165) is 10.2 Å². The van der Waals surface area contributed by atoms with Crippen LogP contribution in [0.5, 0.6) is 0 Å². The predicted molar refractivity (Wildman–Crippen MR) is 71.5 cm³/mol. The second-order valence-electron chi connectivity index (χ2n) is 3.04. The molecule has 0 atom stereocenters. The van der Waals surface area contributed by atoms with Crippen LogP contribution in [0.1, 0.15) is 6.42 Å². The van der Waals surface area contributed by atoms with E-state index in [1.807, 2.05) is 30.3 Å². The van der Waals surface area contributed by atoms with Gasteiger partial charge in [-0.1, -0.05) is 15.9 Å². The second kappa shape index (κ2) is 6.43. The topological polar surface area (TPSA) is 65.1 Å². The maximum Gasteiger partial charge on any atom is 0.187 e. The highest BCUT2D eigenvalue weighted by Gasteiger charge is 2.04. The number of hydrazine groups is 1. The maximum atomic E-state index is 8.42. The largest absolute Gasteiger partial charge is 0.332 e. The van der Waals surface area contributed by atoms with Crippen molar-refractivity contribution in [1.29, 1.82) is 5.26 Å². The minimum absolute atomic E-state index is 0.346. The highest BCUT2D eigenvalue weighted by molar-refractivity contribution is 9.10. The van der Waals surface area contributed by atoms with Gasteiger partial charge in [0.15, 0.2) is 5.11 Å². The number of thiocarbonyl (C=S) groups is 1. The molecule has 16 heavy (non-hydrogen) atoms. The van der Waals surface area contributed by atoms with Crippen molar-refractivity contribution in [2.45, 2.75) is 6.42 Å². The summed E-state index contributed by atoms with van der Waals surface area (Å²) in [6.45, 7) is 0.416. The summed E-state index contributed by atoms with van der Waals surface area (Å²) in [4.78, 5) is 0. The molecule has 6 heteroatoms. The summed E-state index contributed by atoms with van der Waals surface area (Å²) in [7, 11) is 0. The van der Waals surface area contributed by atoms with Crippen LogP contribution in [-0.2, 0) is 0 Å². The summed E-state index contributed by atoms with van der Waals surface area (Å²) in [6, 6.07) is 9.58. The monoisotopic (exact) mass is 298 g/mol. The number of nitrogens with zero attached hydrogens (tertiary/aromatic N) is 2. The summed E-state index contributed by atoms with van der Waals surface area (Å²) < 4.78 is 0.998. The maximum absolute atomic E-state index is 8.42. The van der Waals surface area contributed by atoms with E-state index in [1.54, 1.807) is 0 Å². The molecule has 0 heterocycles. The van der Waals surface area contributed by atoms with Crippen LogP contribution >= 0.6 is 28.1 Å². The summed E-state index contributed by atoms with van der Waals surface area (Å²) in [5.74, 6) is 5.65. The first-order valence-corrected chi connectivity index (χ1v) is 5.79. The molecule has 84 valence electrons. The summed E-state index contributed by atoms with van der Waals surface area (Å²) >= 11 is 8.42. The molecule has 0 unspecified atom stereocenters. The molecule has 4 nitrogen and oxygen atoms in total. The Morgan fingerprint density at radius 2 is 2.12 bits per heavy atom. The normalized spacial score (nSPS) is 9.31. The van der Waals surface area contributed by atoms with E-state index in [0.29, 0.717) is 18.1 Å². The second-order valence-corrected chi connectivity index (χ2v) is 4.34. The Kier molecular flexibility index (Phi) is 5.19. The molecular weight excluding hydrogens is 288 g/mol. The van der Waals surface area contributed by atoms with Gasteiger partial charge in [-0.3, -0.25) is 5.01 Å². The number of rotatable bonds is 3. The molecule has 0 aliphatic rings. The van der Waals surface area contributed by atoms with Gasteiger partial charge >= 0.3 is 0 Å². The molecule has 0 saturated carbocycles. The predicted octanol–water partition coefficient (Wildman–Crippen LogP) is 2.24. The zero-order valence-electron chi connectivity index (χ0n) is 8.48. The van der Waals surface area contributed by atoms with Gasteiger partial charge < -0.3 is 5.32 Å². The lowest BCUT2D eigenvalue weighted by atomic mass is 10.3. The van der Waals surface area contributed by atoms with Gasteiger partial charge in [-0.25, -0.2) is 5.84 Å². The lowest BCUT2D eigenvalue weighted by molar-refractivity contribution is 0.457. The zero-order valence-corrected chi connectivity index (χ0v) is 10.9. The van der Waals surface area contributed by atoms with Crippen LogP contribution in [0.3, 0.4) is 0 Å². The van der Waals surface area contributed by atoms with Crippen molar-refractivity contribution < 1.29 is 0 Å². The fraction of sp³-hybridized carbons (Fsp3) is 0.200. The molecular formula is C10H11BrN4S. The van der Waals surface area contributed by atoms with Crippen molar-refractivity contribution in [3.8, 4) is 6.07 Å².